The third kappa shape index (κ3) is 9.88. The SMILES string of the molecule is CC1(C)CC(NCCCCCCN(c2nc(Cl)nc(N3CCOCC3)n2)C2CC(C)(C)NC(C)(C)C2)CC(C)(C)N1. The largest absolute Gasteiger partial charge is 0.378 e. The van der Waals surface area contributed by atoms with E-state index in [9.17, 15) is 0 Å². The molecular formula is C31H57ClN8O. The van der Waals surface area contributed by atoms with Crippen molar-refractivity contribution in [1.82, 2.24) is 30.9 Å². The number of piperidine rings is 2. The molecule has 0 radical (unpaired) electrons. The van der Waals surface area contributed by atoms with Crippen molar-refractivity contribution >= 4 is 23.5 Å². The van der Waals surface area contributed by atoms with Gasteiger partial charge in [0.2, 0.25) is 17.2 Å². The van der Waals surface area contributed by atoms with Crippen LogP contribution >= 0.6 is 11.6 Å². The van der Waals surface area contributed by atoms with Crippen molar-refractivity contribution in [3.63, 3.8) is 0 Å². The Hall–Kier alpha value is -1.26. The van der Waals surface area contributed by atoms with Gasteiger partial charge in [-0.05, 0) is 112 Å². The van der Waals surface area contributed by atoms with Crippen LogP contribution in [0.1, 0.15) is 107 Å². The molecule has 4 rings (SSSR count). The van der Waals surface area contributed by atoms with E-state index in [1.54, 1.807) is 0 Å². The summed E-state index contributed by atoms with van der Waals surface area (Å²) in [5.74, 6) is 1.37. The van der Waals surface area contributed by atoms with Crippen LogP contribution in [-0.4, -0.2) is 88.6 Å². The van der Waals surface area contributed by atoms with E-state index in [-0.39, 0.29) is 27.4 Å². The fourth-order valence-corrected chi connectivity index (χ4v) is 7.98. The second-order valence-corrected chi connectivity index (χ2v) is 15.7. The van der Waals surface area contributed by atoms with Crippen LogP contribution < -0.4 is 25.8 Å². The molecule has 3 saturated heterocycles. The Bertz CT molecular complexity index is 962. The summed E-state index contributed by atoms with van der Waals surface area (Å²) in [7, 11) is 0. The molecule has 0 aliphatic carbocycles. The van der Waals surface area contributed by atoms with Gasteiger partial charge < -0.3 is 30.5 Å². The third-order valence-corrected chi connectivity index (χ3v) is 8.86. The predicted molar refractivity (Wildman–Crippen MR) is 170 cm³/mol. The van der Waals surface area contributed by atoms with Gasteiger partial charge in [0.25, 0.3) is 0 Å². The Morgan fingerprint density at radius 3 is 1.98 bits per heavy atom. The maximum absolute atomic E-state index is 6.51. The van der Waals surface area contributed by atoms with Crippen molar-refractivity contribution in [1.29, 1.82) is 0 Å². The number of hydrogen-bond donors (Lipinski definition) is 3. The zero-order valence-corrected chi connectivity index (χ0v) is 27.8. The molecule has 3 fully saturated rings. The van der Waals surface area contributed by atoms with Gasteiger partial charge in [-0.25, -0.2) is 0 Å². The minimum absolute atomic E-state index is 0.0258. The maximum Gasteiger partial charge on any atom is 0.231 e. The summed E-state index contributed by atoms with van der Waals surface area (Å²) < 4.78 is 5.55. The van der Waals surface area contributed by atoms with Crippen molar-refractivity contribution in [3.05, 3.63) is 5.28 Å². The summed E-state index contributed by atoms with van der Waals surface area (Å²) in [6.45, 7) is 23.4. The lowest BCUT2D eigenvalue weighted by molar-refractivity contribution is 0.122. The normalized spacial score (nSPS) is 24.4. The Morgan fingerprint density at radius 2 is 1.37 bits per heavy atom. The zero-order chi connectivity index (χ0) is 29.9. The first-order valence-electron chi connectivity index (χ1n) is 16.0. The first kappa shape index (κ1) is 32.6. The predicted octanol–water partition coefficient (Wildman–Crippen LogP) is 4.94. The number of morpholine rings is 1. The zero-order valence-electron chi connectivity index (χ0n) is 27.1. The van der Waals surface area contributed by atoms with E-state index < -0.39 is 0 Å². The molecule has 0 bridgehead atoms. The smallest absolute Gasteiger partial charge is 0.231 e. The average molecular weight is 593 g/mol. The Labute approximate surface area is 254 Å². The van der Waals surface area contributed by atoms with Gasteiger partial charge in [-0.15, -0.1) is 0 Å². The number of rotatable bonds is 11. The molecule has 0 spiro atoms. The van der Waals surface area contributed by atoms with E-state index >= 15 is 0 Å². The number of aromatic nitrogens is 3. The number of nitrogens with zero attached hydrogens (tertiary/aromatic N) is 5. The number of unbranched alkanes of at least 4 members (excludes halogenated alkanes) is 3. The van der Waals surface area contributed by atoms with Crippen LogP contribution in [0.2, 0.25) is 5.28 Å². The molecule has 3 aliphatic heterocycles. The highest BCUT2D eigenvalue weighted by Gasteiger charge is 2.41. The van der Waals surface area contributed by atoms with E-state index in [1.807, 2.05) is 0 Å². The second-order valence-electron chi connectivity index (χ2n) is 15.3. The van der Waals surface area contributed by atoms with Gasteiger partial charge in [0.15, 0.2) is 0 Å². The van der Waals surface area contributed by atoms with Crippen LogP contribution in [0.3, 0.4) is 0 Å². The lowest BCUT2D eigenvalue weighted by Gasteiger charge is -2.49. The van der Waals surface area contributed by atoms with Gasteiger partial charge in [0.1, 0.15) is 0 Å². The summed E-state index contributed by atoms with van der Waals surface area (Å²) in [4.78, 5) is 18.7. The molecule has 3 N–H and O–H groups in total. The first-order chi connectivity index (χ1) is 19.1. The monoisotopic (exact) mass is 592 g/mol. The van der Waals surface area contributed by atoms with Gasteiger partial charge in [-0.3, -0.25) is 0 Å². The molecule has 0 aromatic carbocycles. The third-order valence-electron chi connectivity index (χ3n) is 8.69. The van der Waals surface area contributed by atoms with Crippen LogP contribution in [0.5, 0.6) is 0 Å². The van der Waals surface area contributed by atoms with Crippen LogP contribution in [-0.2, 0) is 4.74 Å². The summed E-state index contributed by atoms with van der Waals surface area (Å²) in [6, 6.07) is 0.906. The van der Waals surface area contributed by atoms with E-state index in [0.717, 1.165) is 45.4 Å². The highest BCUT2D eigenvalue weighted by atomic mass is 35.5. The molecule has 0 saturated carbocycles. The van der Waals surface area contributed by atoms with Gasteiger partial charge in [0.05, 0.1) is 13.2 Å². The summed E-state index contributed by atoms with van der Waals surface area (Å²) in [5, 5.41) is 11.7. The lowest BCUT2D eigenvalue weighted by Crippen LogP contribution is -2.62. The fourth-order valence-electron chi connectivity index (χ4n) is 7.83. The minimum Gasteiger partial charge on any atom is -0.378 e. The van der Waals surface area contributed by atoms with E-state index in [0.29, 0.717) is 37.2 Å². The quantitative estimate of drug-likeness (QED) is 0.309. The van der Waals surface area contributed by atoms with Gasteiger partial charge >= 0.3 is 0 Å². The number of anilines is 2. The highest BCUT2D eigenvalue weighted by molar-refractivity contribution is 6.28. The average Bonchev–Trinajstić information content (AvgIpc) is 2.82. The molecule has 10 heteroatoms. The molecule has 0 amide bonds. The van der Waals surface area contributed by atoms with Crippen molar-refractivity contribution in [2.45, 2.75) is 141 Å². The van der Waals surface area contributed by atoms with Crippen molar-refractivity contribution in [2.24, 2.45) is 0 Å². The topological polar surface area (TPSA) is 90.5 Å². The lowest BCUT2D eigenvalue weighted by atomic mass is 9.79. The van der Waals surface area contributed by atoms with Crippen molar-refractivity contribution in [2.75, 3.05) is 49.2 Å². The molecular weight excluding hydrogens is 536 g/mol. The Morgan fingerprint density at radius 1 is 0.805 bits per heavy atom. The van der Waals surface area contributed by atoms with Crippen LogP contribution in [0.25, 0.3) is 0 Å². The second kappa shape index (κ2) is 13.2. The Kier molecular flexibility index (Phi) is 10.5. The van der Waals surface area contributed by atoms with Gasteiger partial charge in [-0.2, -0.15) is 15.0 Å². The molecule has 41 heavy (non-hydrogen) atoms. The Balaban J connectivity index is 1.36. The van der Waals surface area contributed by atoms with E-state index in [1.165, 1.54) is 32.1 Å². The standard InChI is InChI=1S/C31H57ClN8O/c1-28(2)19-23(20-29(3,4)37-28)33-13-11-9-10-12-14-40(24-21-30(5,6)38-31(7,8)22-24)27-35-25(32)34-26(36-27)39-15-17-41-18-16-39/h23-24,33,37-38H,9-22H2,1-8H3. The molecule has 234 valence electrons. The molecule has 3 aliphatic rings. The number of hydrogen-bond acceptors (Lipinski definition) is 9. The van der Waals surface area contributed by atoms with Crippen molar-refractivity contribution < 1.29 is 4.74 Å². The first-order valence-corrected chi connectivity index (χ1v) is 16.3. The van der Waals surface area contributed by atoms with E-state index in [2.05, 4.69) is 91.1 Å². The van der Waals surface area contributed by atoms with Gasteiger partial charge in [-0.1, -0.05) is 12.8 Å². The number of ether oxygens (including phenoxy) is 1. The van der Waals surface area contributed by atoms with Gasteiger partial charge in [0, 0.05) is 53.9 Å². The summed E-state index contributed by atoms with van der Waals surface area (Å²) >= 11 is 6.51. The molecule has 0 unspecified atom stereocenters. The molecule has 9 nitrogen and oxygen atoms in total. The number of nitrogens with one attached hydrogen (secondary N) is 3. The fraction of sp³-hybridized carbons (Fsp3) is 0.903. The van der Waals surface area contributed by atoms with Crippen LogP contribution in [0, 0.1) is 0 Å². The summed E-state index contributed by atoms with van der Waals surface area (Å²) in [5.41, 5.74) is 0.413. The number of halogens is 1. The minimum atomic E-state index is 0.0258. The van der Waals surface area contributed by atoms with Crippen molar-refractivity contribution in [3.8, 4) is 0 Å². The molecule has 0 atom stereocenters. The highest BCUT2D eigenvalue weighted by Crippen LogP contribution is 2.34. The molecule has 1 aromatic heterocycles. The summed E-state index contributed by atoms with van der Waals surface area (Å²) in [6.07, 6.45) is 9.13. The molecule has 4 heterocycles. The van der Waals surface area contributed by atoms with Crippen LogP contribution in [0.15, 0.2) is 0 Å². The molecule has 1 aromatic rings. The maximum atomic E-state index is 6.51. The van der Waals surface area contributed by atoms with E-state index in [4.69, 9.17) is 21.3 Å². The van der Waals surface area contributed by atoms with Crippen LogP contribution in [0.4, 0.5) is 11.9 Å².